The Morgan fingerprint density at radius 2 is 2.07 bits per heavy atom. The molecule has 6 nitrogen and oxygen atoms in total. The lowest BCUT2D eigenvalue weighted by molar-refractivity contribution is 0.309. The van der Waals surface area contributed by atoms with E-state index in [0.717, 1.165) is 37.0 Å². The highest BCUT2D eigenvalue weighted by Gasteiger charge is 2.39. The van der Waals surface area contributed by atoms with Crippen LogP contribution in [0.5, 0.6) is 0 Å². The number of nitrogens with zero attached hydrogens (tertiary/aromatic N) is 5. The quantitative estimate of drug-likeness (QED) is 0.643. The Balaban J connectivity index is 1.41. The van der Waals surface area contributed by atoms with Crippen molar-refractivity contribution in [3.05, 3.63) is 57.9 Å². The number of rotatable bonds is 5. The van der Waals surface area contributed by atoms with Crippen LogP contribution >= 0.6 is 11.3 Å². The lowest BCUT2D eigenvalue weighted by Crippen LogP contribution is -2.20. The van der Waals surface area contributed by atoms with Crippen LogP contribution in [0.3, 0.4) is 0 Å². The smallest absolute Gasteiger partial charge is 0.231 e. The minimum absolute atomic E-state index is 0.208. The van der Waals surface area contributed by atoms with Crippen LogP contribution in [0.25, 0.3) is 0 Å². The third-order valence-electron chi connectivity index (χ3n) is 6.22. The molecule has 0 bridgehead atoms. The van der Waals surface area contributed by atoms with E-state index in [2.05, 4.69) is 33.0 Å². The third-order valence-corrected chi connectivity index (χ3v) is 7.13. The number of pyridine rings is 1. The van der Waals surface area contributed by atoms with Crippen LogP contribution in [-0.2, 0) is 6.54 Å². The molecule has 5 rings (SSSR count). The lowest BCUT2D eigenvalue weighted by atomic mass is 9.90. The van der Waals surface area contributed by atoms with Crippen LogP contribution in [0.15, 0.2) is 34.6 Å². The van der Waals surface area contributed by atoms with E-state index in [1.165, 1.54) is 36.1 Å². The maximum absolute atomic E-state index is 5.80. The van der Waals surface area contributed by atoms with Gasteiger partial charge in [-0.15, -0.1) is 11.3 Å². The molecule has 1 aliphatic carbocycles. The Labute approximate surface area is 169 Å². The van der Waals surface area contributed by atoms with Gasteiger partial charge in [-0.25, -0.2) is 4.98 Å². The van der Waals surface area contributed by atoms with Gasteiger partial charge in [-0.1, -0.05) is 24.1 Å². The number of aryl methyl sites for hydroxylation is 1. The molecule has 1 aliphatic heterocycles. The zero-order valence-corrected chi connectivity index (χ0v) is 16.9. The summed E-state index contributed by atoms with van der Waals surface area (Å²) in [6.45, 7) is 4.90. The molecule has 4 heterocycles. The highest BCUT2D eigenvalue weighted by Crippen LogP contribution is 2.41. The average molecular weight is 396 g/mol. The fourth-order valence-corrected chi connectivity index (χ4v) is 5.44. The van der Waals surface area contributed by atoms with Gasteiger partial charge in [-0.05, 0) is 31.4 Å². The number of hydrogen-bond donors (Lipinski definition) is 0. The van der Waals surface area contributed by atoms with Crippen LogP contribution in [0.2, 0.25) is 0 Å². The van der Waals surface area contributed by atoms with Crippen LogP contribution in [-0.4, -0.2) is 38.1 Å². The fraction of sp³-hybridized carbons (Fsp3) is 0.524. The molecule has 0 amide bonds. The molecule has 146 valence electrons. The molecule has 28 heavy (non-hydrogen) atoms. The molecule has 0 N–H and O–H groups in total. The second-order valence-corrected chi connectivity index (χ2v) is 8.97. The van der Waals surface area contributed by atoms with E-state index in [-0.39, 0.29) is 5.92 Å². The Hall–Kier alpha value is -2.12. The van der Waals surface area contributed by atoms with Gasteiger partial charge in [0.2, 0.25) is 5.89 Å². The molecule has 2 atom stereocenters. The first-order valence-electron chi connectivity index (χ1n) is 10.1. The van der Waals surface area contributed by atoms with E-state index in [0.29, 0.717) is 11.8 Å². The van der Waals surface area contributed by atoms with Crippen molar-refractivity contribution in [2.45, 2.75) is 56.9 Å². The van der Waals surface area contributed by atoms with Gasteiger partial charge in [0.1, 0.15) is 0 Å². The maximum atomic E-state index is 5.80. The summed E-state index contributed by atoms with van der Waals surface area (Å²) in [5.41, 5.74) is 4.31. The van der Waals surface area contributed by atoms with Gasteiger partial charge >= 0.3 is 0 Å². The number of aromatic nitrogens is 4. The van der Waals surface area contributed by atoms with Gasteiger partial charge in [0.05, 0.1) is 17.1 Å². The predicted octanol–water partition coefficient (Wildman–Crippen LogP) is 4.27. The summed E-state index contributed by atoms with van der Waals surface area (Å²) >= 11 is 1.73. The van der Waals surface area contributed by atoms with Gasteiger partial charge in [-0.3, -0.25) is 9.88 Å². The standard InChI is InChI=1S/C21H25N5OS/c1-14-19(28-13-23-14)12-26-10-17(16-7-4-8-22-9-16)18(11-26)21-24-20(25-27-21)15-5-2-3-6-15/h4,7-9,13,15,17-18H,2-3,5-6,10-12H2,1H3/t17-,18+/m0/s1. The van der Waals surface area contributed by atoms with Crippen LogP contribution < -0.4 is 0 Å². The summed E-state index contributed by atoms with van der Waals surface area (Å²) in [5, 5.41) is 4.36. The molecule has 2 fully saturated rings. The molecule has 3 aromatic heterocycles. The Bertz CT molecular complexity index is 918. The first-order valence-corrected chi connectivity index (χ1v) is 11.0. The van der Waals surface area contributed by atoms with Crippen molar-refractivity contribution in [3.8, 4) is 0 Å². The van der Waals surface area contributed by atoms with Crippen LogP contribution in [0.1, 0.15) is 71.3 Å². The maximum Gasteiger partial charge on any atom is 0.231 e. The summed E-state index contributed by atoms with van der Waals surface area (Å²) in [7, 11) is 0. The third kappa shape index (κ3) is 3.49. The van der Waals surface area contributed by atoms with Crippen molar-refractivity contribution >= 4 is 11.3 Å². The van der Waals surface area contributed by atoms with Crippen molar-refractivity contribution in [1.82, 2.24) is 25.0 Å². The zero-order valence-electron chi connectivity index (χ0n) is 16.1. The van der Waals surface area contributed by atoms with E-state index < -0.39 is 0 Å². The zero-order chi connectivity index (χ0) is 18.9. The molecular formula is C21H25N5OS. The molecule has 3 aromatic rings. The van der Waals surface area contributed by atoms with Crippen LogP contribution in [0.4, 0.5) is 0 Å². The second-order valence-electron chi connectivity index (χ2n) is 8.03. The molecule has 0 aromatic carbocycles. The summed E-state index contributed by atoms with van der Waals surface area (Å²) < 4.78 is 5.80. The highest BCUT2D eigenvalue weighted by atomic mass is 32.1. The van der Waals surface area contributed by atoms with Gasteiger partial charge in [0.15, 0.2) is 5.82 Å². The monoisotopic (exact) mass is 395 g/mol. The topological polar surface area (TPSA) is 67.9 Å². The first kappa shape index (κ1) is 17.9. The molecule has 0 spiro atoms. The SMILES string of the molecule is Cc1ncsc1CN1C[C@@H](c2cccnc2)[C@H](c2nc(C3CCCC3)no2)C1. The second kappa shape index (κ2) is 7.72. The van der Waals surface area contributed by atoms with Crippen molar-refractivity contribution in [2.24, 2.45) is 0 Å². The summed E-state index contributed by atoms with van der Waals surface area (Å²) in [4.78, 5) is 17.4. The molecule has 1 saturated carbocycles. The average Bonchev–Trinajstić information content (AvgIpc) is 3.50. The molecule has 7 heteroatoms. The van der Waals surface area contributed by atoms with E-state index in [9.17, 15) is 0 Å². The minimum atomic E-state index is 0.208. The van der Waals surface area contributed by atoms with Gasteiger partial charge in [0.25, 0.3) is 0 Å². The lowest BCUT2D eigenvalue weighted by Gasteiger charge is -2.15. The van der Waals surface area contributed by atoms with Crippen LogP contribution in [0, 0.1) is 6.92 Å². The summed E-state index contributed by atoms with van der Waals surface area (Å²) in [6, 6.07) is 4.18. The van der Waals surface area contributed by atoms with Gasteiger partial charge in [0, 0.05) is 48.7 Å². The number of likely N-dealkylation sites (tertiary alicyclic amines) is 1. The summed E-state index contributed by atoms with van der Waals surface area (Å²) in [5.74, 6) is 2.71. The molecular weight excluding hydrogens is 370 g/mol. The number of thiazole rings is 1. The normalized spacial score (nSPS) is 23.6. The largest absolute Gasteiger partial charge is 0.339 e. The van der Waals surface area contributed by atoms with Gasteiger partial charge in [-0.2, -0.15) is 4.98 Å². The minimum Gasteiger partial charge on any atom is -0.339 e. The highest BCUT2D eigenvalue weighted by molar-refractivity contribution is 7.09. The molecule has 0 unspecified atom stereocenters. The van der Waals surface area contributed by atoms with E-state index in [4.69, 9.17) is 9.51 Å². The van der Waals surface area contributed by atoms with Crippen molar-refractivity contribution in [2.75, 3.05) is 13.1 Å². The van der Waals surface area contributed by atoms with E-state index in [1.807, 2.05) is 24.0 Å². The Morgan fingerprint density at radius 3 is 2.82 bits per heavy atom. The van der Waals surface area contributed by atoms with E-state index >= 15 is 0 Å². The first-order chi connectivity index (χ1) is 13.8. The van der Waals surface area contributed by atoms with Crippen molar-refractivity contribution in [3.63, 3.8) is 0 Å². The summed E-state index contributed by atoms with van der Waals surface area (Å²) in [6.07, 6.45) is 8.74. The van der Waals surface area contributed by atoms with E-state index in [1.54, 1.807) is 11.3 Å². The van der Waals surface area contributed by atoms with Gasteiger partial charge < -0.3 is 4.52 Å². The predicted molar refractivity (Wildman–Crippen MR) is 107 cm³/mol. The molecule has 1 saturated heterocycles. The Morgan fingerprint density at radius 1 is 1.21 bits per heavy atom. The molecule has 2 aliphatic rings. The molecule has 0 radical (unpaired) electrons. The Kier molecular flexibility index (Phi) is 4.94. The fourth-order valence-electron chi connectivity index (χ4n) is 4.63. The van der Waals surface area contributed by atoms with Crippen molar-refractivity contribution in [1.29, 1.82) is 0 Å². The van der Waals surface area contributed by atoms with Crippen molar-refractivity contribution < 1.29 is 4.52 Å². The number of hydrogen-bond acceptors (Lipinski definition) is 7.